The molecular formula is C20H25N5O4S. The average Bonchev–Trinajstić information content (AvgIpc) is 2.73. The molecule has 0 fully saturated rings. The van der Waals surface area contributed by atoms with Crippen LogP contribution in [0.1, 0.15) is 40.4 Å². The lowest BCUT2D eigenvalue weighted by molar-refractivity contribution is 0.102. The first-order chi connectivity index (χ1) is 14.2. The summed E-state index contributed by atoms with van der Waals surface area (Å²) in [5.74, 6) is -0.711. The van der Waals surface area contributed by atoms with Crippen LogP contribution >= 0.6 is 0 Å². The molecule has 1 heterocycles. The van der Waals surface area contributed by atoms with Crippen LogP contribution in [0.15, 0.2) is 36.5 Å². The van der Waals surface area contributed by atoms with Crippen LogP contribution in [-0.2, 0) is 16.4 Å². The van der Waals surface area contributed by atoms with Gasteiger partial charge in [0.1, 0.15) is 11.4 Å². The molecule has 2 aromatic rings. The molecule has 160 valence electrons. The van der Waals surface area contributed by atoms with E-state index in [2.05, 4.69) is 10.3 Å². The molecule has 1 aromatic heterocycles. The Balaban J connectivity index is 1.81. The summed E-state index contributed by atoms with van der Waals surface area (Å²) in [7, 11) is -0.913. The number of sulfonamides is 1. The highest BCUT2D eigenvalue weighted by atomic mass is 32.2. The number of anilines is 1. The summed E-state index contributed by atoms with van der Waals surface area (Å²) < 4.78 is 31.0. The summed E-state index contributed by atoms with van der Waals surface area (Å²) in [4.78, 5) is 16.6. The molecule has 0 bridgehead atoms. The molecule has 1 unspecified atom stereocenters. The van der Waals surface area contributed by atoms with E-state index in [1.54, 1.807) is 18.2 Å². The van der Waals surface area contributed by atoms with Crippen molar-refractivity contribution in [1.29, 1.82) is 5.41 Å². The second-order valence-corrected chi connectivity index (χ2v) is 9.22. The highest BCUT2D eigenvalue weighted by Crippen LogP contribution is 2.35. The van der Waals surface area contributed by atoms with Crippen LogP contribution in [-0.4, -0.2) is 49.5 Å². The minimum Gasteiger partial charge on any atom is -0.495 e. The number of pyridine rings is 1. The quantitative estimate of drug-likeness (QED) is 0.472. The molecular weight excluding hydrogens is 406 g/mol. The summed E-state index contributed by atoms with van der Waals surface area (Å²) in [5, 5.41) is 10.2. The molecule has 30 heavy (non-hydrogen) atoms. The first kappa shape index (κ1) is 21.6. The number of amides is 1. The van der Waals surface area contributed by atoms with Gasteiger partial charge in [0.2, 0.25) is 16.0 Å². The number of aryl methyl sites for hydroxylation is 1. The number of rotatable bonds is 6. The zero-order valence-electron chi connectivity index (χ0n) is 16.9. The Labute approximate surface area is 175 Å². The van der Waals surface area contributed by atoms with Gasteiger partial charge in [0.05, 0.1) is 19.1 Å². The lowest BCUT2D eigenvalue weighted by Crippen LogP contribution is -2.40. The Morgan fingerprint density at radius 1 is 1.37 bits per heavy atom. The van der Waals surface area contributed by atoms with E-state index >= 15 is 0 Å². The van der Waals surface area contributed by atoms with Gasteiger partial charge in [-0.2, -0.15) is 0 Å². The summed E-state index contributed by atoms with van der Waals surface area (Å²) >= 11 is 0. The highest BCUT2D eigenvalue weighted by Gasteiger charge is 2.29. The van der Waals surface area contributed by atoms with E-state index in [0.717, 1.165) is 28.3 Å². The molecule has 1 amide bonds. The van der Waals surface area contributed by atoms with Crippen LogP contribution in [0.5, 0.6) is 5.75 Å². The summed E-state index contributed by atoms with van der Waals surface area (Å²) in [6.45, 7) is 0. The number of aromatic nitrogens is 1. The van der Waals surface area contributed by atoms with Crippen molar-refractivity contribution in [2.24, 2.45) is 5.73 Å². The van der Waals surface area contributed by atoms with Gasteiger partial charge in [0.25, 0.3) is 5.91 Å². The van der Waals surface area contributed by atoms with Gasteiger partial charge in [-0.15, -0.1) is 0 Å². The lowest BCUT2D eigenvalue weighted by atomic mass is 9.83. The molecule has 4 N–H and O–H groups in total. The molecule has 9 nitrogen and oxygen atoms in total. The van der Waals surface area contributed by atoms with Crippen LogP contribution in [0, 0.1) is 5.41 Å². The van der Waals surface area contributed by atoms with Crippen molar-refractivity contribution in [3.8, 4) is 5.75 Å². The van der Waals surface area contributed by atoms with Crippen LogP contribution in [0.3, 0.4) is 0 Å². The van der Waals surface area contributed by atoms with Gasteiger partial charge in [-0.25, -0.2) is 17.7 Å². The minimum absolute atomic E-state index is 0.145. The smallest absolute Gasteiger partial charge is 0.274 e. The predicted octanol–water partition coefficient (Wildman–Crippen LogP) is 1.92. The fourth-order valence-corrected chi connectivity index (χ4v) is 4.87. The Kier molecular flexibility index (Phi) is 6.25. The second kappa shape index (κ2) is 8.70. The largest absolute Gasteiger partial charge is 0.495 e. The standard InChI is InChI=1S/C20H25N5O4S/c1-25(20(21)22)30(27,28)12-14-5-3-4-13-6-7-15(10-17(13)14)24-19(26)18-9-8-16(29-2)11-23-18/h6-11,14H,3-5,12H2,1-2H3,(H3,21,22)(H,24,26). The van der Waals surface area contributed by atoms with Gasteiger partial charge in [-0.1, -0.05) is 6.07 Å². The molecule has 0 saturated carbocycles. The third-order valence-electron chi connectivity index (χ3n) is 5.22. The fraction of sp³-hybridized carbons (Fsp3) is 0.350. The van der Waals surface area contributed by atoms with Crippen molar-refractivity contribution in [1.82, 2.24) is 9.29 Å². The van der Waals surface area contributed by atoms with Crippen molar-refractivity contribution in [2.75, 3.05) is 25.2 Å². The summed E-state index contributed by atoms with van der Waals surface area (Å²) in [5.41, 5.74) is 8.11. The molecule has 0 radical (unpaired) electrons. The molecule has 3 rings (SSSR count). The van der Waals surface area contributed by atoms with Crippen molar-refractivity contribution in [3.05, 3.63) is 53.3 Å². The van der Waals surface area contributed by atoms with E-state index in [9.17, 15) is 13.2 Å². The Morgan fingerprint density at radius 2 is 2.13 bits per heavy atom. The number of carbonyl (C=O) groups is 1. The van der Waals surface area contributed by atoms with Gasteiger partial charge >= 0.3 is 0 Å². The van der Waals surface area contributed by atoms with Crippen LogP contribution in [0.25, 0.3) is 0 Å². The van der Waals surface area contributed by atoms with Gasteiger partial charge in [-0.3, -0.25) is 10.2 Å². The molecule has 1 aliphatic rings. The molecule has 1 aromatic carbocycles. The van der Waals surface area contributed by atoms with E-state index in [0.29, 0.717) is 17.9 Å². The number of fused-ring (bicyclic) bond motifs is 1. The fourth-order valence-electron chi connectivity index (χ4n) is 3.49. The maximum absolute atomic E-state index is 12.6. The topological polar surface area (TPSA) is 138 Å². The number of ether oxygens (including phenoxy) is 1. The van der Waals surface area contributed by atoms with Crippen LogP contribution in [0.4, 0.5) is 5.69 Å². The van der Waals surface area contributed by atoms with E-state index in [-0.39, 0.29) is 23.3 Å². The monoisotopic (exact) mass is 431 g/mol. The second-order valence-electron chi connectivity index (χ2n) is 7.17. The number of methoxy groups -OCH3 is 1. The summed E-state index contributed by atoms with van der Waals surface area (Å²) in [6, 6.07) is 8.77. The SMILES string of the molecule is COc1ccc(C(=O)Nc2ccc3c(c2)C(CS(=O)(=O)N(C)C(=N)N)CCC3)nc1. The van der Waals surface area contributed by atoms with Crippen molar-refractivity contribution in [2.45, 2.75) is 25.2 Å². The normalized spacial score (nSPS) is 15.7. The first-order valence-electron chi connectivity index (χ1n) is 9.46. The molecule has 1 atom stereocenters. The van der Waals surface area contributed by atoms with E-state index in [4.69, 9.17) is 15.9 Å². The molecule has 0 spiro atoms. The maximum Gasteiger partial charge on any atom is 0.274 e. The Bertz CT molecular complexity index is 1050. The van der Waals surface area contributed by atoms with Gasteiger partial charge in [0, 0.05) is 12.7 Å². The Morgan fingerprint density at radius 3 is 2.77 bits per heavy atom. The number of nitrogens with zero attached hydrogens (tertiary/aromatic N) is 2. The van der Waals surface area contributed by atoms with Crippen LogP contribution in [0.2, 0.25) is 0 Å². The zero-order valence-corrected chi connectivity index (χ0v) is 17.7. The van der Waals surface area contributed by atoms with Crippen LogP contribution < -0.4 is 15.8 Å². The number of nitrogens with one attached hydrogen (secondary N) is 2. The molecule has 1 aliphatic carbocycles. The number of nitrogens with two attached hydrogens (primary N) is 1. The molecule has 0 saturated heterocycles. The van der Waals surface area contributed by atoms with Gasteiger partial charge < -0.3 is 15.8 Å². The minimum atomic E-state index is -3.71. The van der Waals surface area contributed by atoms with E-state index < -0.39 is 16.0 Å². The number of carbonyl (C=O) groups excluding carboxylic acids is 1. The maximum atomic E-state index is 12.6. The van der Waals surface area contributed by atoms with E-state index in [1.165, 1.54) is 20.4 Å². The number of benzene rings is 1. The third kappa shape index (κ3) is 4.70. The average molecular weight is 432 g/mol. The van der Waals surface area contributed by atoms with Gasteiger partial charge in [-0.05, 0) is 60.6 Å². The third-order valence-corrected chi connectivity index (χ3v) is 7.07. The van der Waals surface area contributed by atoms with Crippen molar-refractivity contribution in [3.63, 3.8) is 0 Å². The highest BCUT2D eigenvalue weighted by molar-refractivity contribution is 7.89. The zero-order chi connectivity index (χ0) is 21.9. The van der Waals surface area contributed by atoms with Crippen molar-refractivity contribution >= 4 is 27.6 Å². The van der Waals surface area contributed by atoms with E-state index in [1.807, 2.05) is 12.1 Å². The first-order valence-corrected chi connectivity index (χ1v) is 11.1. The lowest BCUT2D eigenvalue weighted by Gasteiger charge is -2.28. The number of guanidine groups is 1. The number of hydrogen-bond donors (Lipinski definition) is 3. The summed E-state index contributed by atoms with van der Waals surface area (Å²) in [6.07, 6.45) is 3.89. The van der Waals surface area contributed by atoms with Gasteiger partial charge in [0.15, 0.2) is 0 Å². The molecule has 10 heteroatoms. The predicted molar refractivity (Wildman–Crippen MR) is 114 cm³/mol. The number of hydrogen-bond acceptors (Lipinski definition) is 6. The van der Waals surface area contributed by atoms with Crippen molar-refractivity contribution < 1.29 is 17.9 Å². The Hall–Kier alpha value is -3.14. The molecule has 0 aliphatic heterocycles.